The first-order valence-electron chi connectivity index (χ1n) is 7.68. The minimum Gasteiger partial charge on any atom is -0.493 e. The molecular weight excluding hydrogens is 252 g/mol. The highest BCUT2D eigenvalue weighted by Gasteiger charge is 2.25. The third-order valence-corrected chi connectivity index (χ3v) is 4.31. The van der Waals surface area contributed by atoms with Gasteiger partial charge < -0.3 is 9.47 Å². The molecule has 1 saturated heterocycles. The molecule has 2 atom stereocenters. The molecule has 0 bridgehead atoms. The average molecular weight is 274 g/mol. The van der Waals surface area contributed by atoms with Crippen LogP contribution in [-0.2, 0) is 16.0 Å². The molecule has 108 valence electrons. The van der Waals surface area contributed by atoms with Gasteiger partial charge in [0.15, 0.2) is 0 Å². The van der Waals surface area contributed by atoms with Gasteiger partial charge in [0.1, 0.15) is 11.5 Å². The molecule has 20 heavy (non-hydrogen) atoms. The summed E-state index contributed by atoms with van der Waals surface area (Å²) in [5.41, 5.74) is 1.16. The zero-order valence-corrected chi connectivity index (χ0v) is 11.8. The highest BCUT2D eigenvalue weighted by molar-refractivity contribution is 5.81. The summed E-state index contributed by atoms with van der Waals surface area (Å²) in [5, 5.41) is 0. The van der Waals surface area contributed by atoms with Crippen molar-refractivity contribution in [3.63, 3.8) is 0 Å². The predicted molar refractivity (Wildman–Crippen MR) is 77.0 cm³/mol. The molecule has 0 radical (unpaired) electrons. The van der Waals surface area contributed by atoms with E-state index in [0.717, 1.165) is 43.6 Å². The van der Waals surface area contributed by atoms with E-state index in [-0.39, 0.29) is 5.92 Å². The van der Waals surface area contributed by atoms with Gasteiger partial charge in [0.2, 0.25) is 0 Å². The second-order valence-electron chi connectivity index (χ2n) is 5.81. The number of hydrogen-bond acceptors (Lipinski definition) is 3. The molecule has 3 nitrogen and oxygen atoms in total. The van der Waals surface area contributed by atoms with Crippen molar-refractivity contribution < 1.29 is 14.3 Å². The molecule has 0 aliphatic carbocycles. The van der Waals surface area contributed by atoms with Gasteiger partial charge in [-0.15, -0.1) is 0 Å². The second-order valence-corrected chi connectivity index (χ2v) is 5.81. The van der Waals surface area contributed by atoms with Crippen LogP contribution in [0.15, 0.2) is 24.3 Å². The van der Waals surface area contributed by atoms with Crippen LogP contribution in [-0.4, -0.2) is 25.1 Å². The maximum atomic E-state index is 12.3. The lowest BCUT2D eigenvalue weighted by Gasteiger charge is -2.24. The summed E-state index contributed by atoms with van der Waals surface area (Å²) in [5.74, 6) is 1.32. The number of Topliss-reactive ketones (excluding diaryl/α,β-unsaturated/α-hetero) is 1. The Bertz CT molecular complexity index is 463. The Balaban J connectivity index is 1.46. The molecule has 2 heterocycles. The quantitative estimate of drug-likeness (QED) is 0.827. The molecule has 0 spiro atoms. The molecule has 3 heteroatoms. The van der Waals surface area contributed by atoms with Gasteiger partial charge in [0.05, 0.1) is 18.6 Å². The summed E-state index contributed by atoms with van der Waals surface area (Å²) in [6.45, 7) is 1.43. The molecule has 2 aliphatic rings. The van der Waals surface area contributed by atoms with Gasteiger partial charge in [-0.2, -0.15) is 0 Å². The third-order valence-electron chi connectivity index (χ3n) is 4.31. The van der Waals surface area contributed by atoms with E-state index in [1.807, 2.05) is 18.2 Å². The Labute approximate surface area is 120 Å². The van der Waals surface area contributed by atoms with Gasteiger partial charge >= 0.3 is 0 Å². The number of benzene rings is 1. The highest BCUT2D eigenvalue weighted by atomic mass is 16.5. The number of rotatable bonds is 5. The van der Waals surface area contributed by atoms with Crippen LogP contribution in [0.5, 0.6) is 5.75 Å². The number of ketones is 1. The summed E-state index contributed by atoms with van der Waals surface area (Å²) in [4.78, 5) is 12.3. The third kappa shape index (κ3) is 3.21. The number of ether oxygens (including phenoxy) is 2. The standard InChI is InChI=1S/C17H22O3/c18-16(8-3-6-15-7-4-10-19-15)14-11-13-5-1-2-9-17(13)20-12-14/h1-2,5,9,14-15H,3-4,6-8,10-12H2. The van der Waals surface area contributed by atoms with Crippen LogP contribution >= 0.6 is 0 Å². The summed E-state index contributed by atoms with van der Waals surface area (Å²) in [6, 6.07) is 8.02. The van der Waals surface area contributed by atoms with E-state index >= 15 is 0 Å². The van der Waals surface area contributed by atoms with Crippen molar-refractivity contribution in [1.82, 2.24) is 0 Å². The molecule has 1 fully saturated rings. The van der Waals surface area contributed by atoms with Crippen LogP contribution in [0.25, 0.3) is 0 Å². The maximum Gasteiger partial charge on any atom is 0.139 e. The lowest BCUT2D eigenvalue weighted by molar-refractivity contribution is -0.124. The highest BCUT2D eigenvalue weighted by Crippen LogP contribution is 2.28. The van der Waals surface area contributed by atoms with E-state index in [1.165, 1.54) is 6.42 Å². The Morgan fingerprint density at radius 3 is 3.05 bits per heavy atom. The van der Waals surface area contributed by atoms with Crippen molar-refractivity contribution in [3.8, 4) is 5.75 Å². The molecule has 0 N–H and O–H groups in total. The van der Waals surface area contributed by atoms with E-state index in [1.54, 1.807) is 0 Å². The first-order valence-corrected chi connectivity index (χ1v) is 7.68. The first kappa shape index (κ1) is 13.6. The average Bonchev–Trinajstić information content (AvgIpc) is 3.00. The van der Waals surface area contributed by atoms with E-state index < -0.39 is 0 Å². The molecule has 1 aromatic rings. The number of fused-ring (bicyclic) bond motifs is 1. The largest absolute Gasteiger partial charge is 0.493 e. The Kier molecular flexibility index (Phi) is 4.36. The van der Waals surface area contributed by atoms with Crippen molar-refractivity contribution in [1.29, 1.82) is 0 Å². The van der Waals surface area contributed by atoms with Gasteiger partial charge in [0.25, 0.3) is 0 Å². The molecule has 0 amide bonds. The number of para-hydroxylation sites is 1. The predicted octanol–water partition coefficient (Wildman–Crippen LogP) is 3.16. The van der Waals surface area contributed by atoms with E-state index in [0.29, 0.717) is 24.9 Å². The van der Waals surface area contributed by atoms with E-state index in [2.05, 4.69) is 6.07 Å². The number of hydrogen-bond donors (Lipinski definition) is 0. The zero-order chi connectivity index (χ0) is 13.8. The van der Waals surface area contributed by atoms with E-state index in [4.69, 9.17) is 9.47 Å². The summed E-state index contributed by atoms with van der Waals surface area (Å²) in [6.07, 6.45) is 6.19. The van der Waals surface area contributed by atoms with Crippen molar-refractivity contribution >= 4 is 5.78 Å². The molecule has 1 aromatic carbocycles. The minimum atomic E-state index is 0.0365. The Morgan fingerprint density at radius 2 is 2.20 bits per heavy atom. The molecule has 0 aromatic heterocycles. The number of carbonyl (C=O) groups is 1. The fourth-order valence-corrected chi connectivity index (χ4v) is 3.11. The Morgan fingerprint density at radius 1 is 1.30 bits per heavy atom. The minimum absolute atomic E-state index is 0.0365. The van der Waals surface area contributed by atoms with Gasteiger partial charge in [-0.3, -0.25) is 4.79 Å². The van der Waals surface area contributed by atoms with Gasteiger partial charge in [-0.25, -0.2) is 0 Å². The molecule has 2 aliphatic heterocycles. The first-order chi connectivity index (χ1) is 9.83. The van der Waals surface area contributed by atoms with Gasteiger partial charge in [-0.05, 0) is 43.7 Å². The summed E-state index contributed by atoms with van der Waals surface area (Å²) in [7, 11) is 0. The molecule has 2 unspecified atom stereocenters. The zero-order valence-electron chi connectivity index (χ0n) is 11.8. The van der Waals surface area contributed by atoms with Gasteiger partial charge in [0, 0.05) is 13.0 Å². The SMILES string of the molecule is O=C(CCCC1CCCO1)C1COc2ccccc2C1. The number of carbonyl (C=O) groups excluding carboxylic acids is 1. The lowest BCUT2D eigenvalue weighted by Crippen LogP contribution is -2.28. The lowest BCUT2D eigenvalue weighted by atomic mass is 9.90. The van der Waals surface area contributed by atoms with Crippen molar-refractivity contribution in [3.05, 3.63) is 29.8 Å². The molecule has 3 rings (SSSR count). The van der Waals surface area contributed by atoms with Crippen molar-refractivity contribution in [2.75, 3.05) is 13.2 Å². The summed E-state index contributed by atoms with van der Waals surface area (Å²) < 4.78 is 11.3. The monoisotopic (exact) mass is 274 g/mol. The maximum absolute atomic E-state index is 12.3. The van der Waals surface area contributed by atoms with Crippen molar-refractivity contribution in [2.45, 2.75) is 44.6 Å². The van der Waals surface area contributed by atoms with Crippen LogP contribution < -0.4 is 4.74 Å². The van der Waals surface area contributed by atoms with Crippen LogP contribution in [0, 0.1) is 5.92 Å². The molecule has 0 saturated carbocycles. The van der Waals surface area contributed by atoms with Crippen LogP contribution in [0.2, 0.25) is 0 Å². The summed E-state index contributed by atoms with van der Waals surface area (Å²) >= 11 is 0. The van der Waals surface area contributed by atoms with Crippen LogP contribution in [0.4, 0.5) is 0 Å². The van der Waals surface area contributed by atoms with E-state index in [9.17, 15) is 4.79 Å². The Hall–Kier alpha value is -1.35. The fraction of sp³-hybridized carbons (Fsp3) is 0.588. The fourth-order valence-electron chi connectivity index (χ4n) is 3.11. The normalized spacial score (nSPS) is 25.0. The topological polar surface area (TPSA) is 35.5 Å². The smallest absolute Gasteiger partial charge is 0.139 e. The van der Waals surface area contributed by atoms with Crippen molar-refractivity contribution in [2.24, 2.45) is 5.92 Å². The van der Waals surface area contributed by atoms with Crippen LogP contribution in [0.1, 0.15) is 37.7 Å². The molecular formula is C17H22O3. The van der Waals surface area contributed by atoms with Crippen LogP contribution in [0.3, 0.4) is 0 Å². The van der Waals surface area contributed by atoms with Gasteiger partial charge in [-0.1, -0.05) is 18.2 Å². The second kappa shape index (κ2) is 6.40.